The first-order valence-electron chi connectivity index (χ1n) is 7.97. The summed E-state index contributed by atoms with van der Waals surface area (Å²) in [5.74, 6) is -0.145. The number of nitrogens with zero attached hydrogens (tertiary/aromatic N) is 2. The molecule has 0 saturated carbocycles. The smallest absolute Gasteiger partial charge is 0.128 e. The lowest BCUT2D eigenvalue weighted by molar-refractivity contribution is 0.0994. The van der Waals surface area contributed by atoms with Crippen molar-refractivity contribution in [2.75, 3.05) is 33.2 Å². The van der Waals surface area contributed by atoms with Crippen LogP contribution in [-0.2, 0) is 0 Å². The lowest BCUT2D eigenvalue weighted by Gasteiger charge is -2.40. The van der Waals surface area contributed by atoms with Gasteiger partial charge in [0.05, 0.1) is 0 Å². The van der Waals surface area contributed by atoms with E-state index >= 15 is 0 Å². The van der Waals surface area contributed by atoms with Crippen molar-refractivity contribution >= 4 is 0 Å². The van der Waals surface area contributed by atoms with E-state index in [1.807, 2.05) is 19.1 Å². The van der Waals surface area contributed by atoms with Crippen molar-refractivity contribution in [2.45, 2.75) is 38.8 Å². The molecule has 4 heteroatoms. The molecular formula is C17H28FN3. The Morgan fingerprint density at radius 3 is 2.62 bits per heavy atom. The van der Waals surface area contributed by atoms with E-state index in [0.717, 1.165) is 43.6 Å². The number of benzene rings is 1. The molecule has 118 valence electrons. The third kappa shape index (κ3) is 3.82. The van der Waals surface area contributed by atoms with Gasteiger partial charge >= 0.3 is 0 Å². The molecule has 1 unspecified atom stereocenters. The predicted octanol–water partition coefficient (Wildman–Crippen LogP) is 2.55. The first-order valence-corrected chi connectivity index (χ1v) is 7.97. The molecule has 1 aliphatic rings. The first kappa shape index (κ1) is 16.4. The van der Waals surface area contributed by atoms with Gasteiger partial charge in [-0.25, -0.2) is 4.39 Å². The van der Waals surface area contributed by atoms with Crippen molar-refractivity contribution in [1.82, 2.24) is 9.80 Å². The van der Waals surface area contributed by atoms with E-state index in [2.05, 4.69) is 23.8 Å². The lowest BCUT2D eigenvalue weighted by Crippen LogP contribution is -2.46. The van der Waals surface area contributed by atoms with Gasteiger partial charge in [-0.3, -0.25) is 4.90 Å². The highest BCUT2D eigenvalue weighted by molar-refractivity contribution is 5.27. The Kier molecular flexibility index (Phi) is 5.73. The van der Waals surface area contributed by atoms with E-state index in [9.17, 15) is 4.39 Å². The van der Waals surface area contributed by atoms with Gasteiger partial charge in [0.2, 0.25) is 0 Å². The van der Waals surface area contributed by atoms with Crippen LogP contribution in [0.25, 0.3) is 0 Å². The molecule has 1 atom stereocenters. The number of likely N-dealkylation sites (tertiary alicyclic amines) is 1. The molecule has 1 fully saturated rings. The number of hydrogen-bond acceptors (Lipinski definition) is 3. The van der Waals surface area contributed by atoms with E-state index in [-0.39, 0.29) is 11.9 Å². The zero-order valence-corrected chi connectivity index (χ0v) is 13.5. The van der Waals surface area contributed by atoms with Crippen molar-refractivity contribution in [2.24, 2.45) is 5.73 Å². The summed E-state index contributed by atoms with van der Waals surface area (Å²) >= 11 is 0. The van der Waals surface area contributed by atoms with Crippen LogP contribution in [0.15, 0.2) is 18.2 Å². The Balaban J connectivity index is 2.11. The van der Waals surface area contributed by atoms with E-state index < -0.39 is 0 Å². The zero-order valence-electron chi connectivity index (χ0n) is 13.5. The van der Waals surface area contributed by atoms with Crippen LogP contribution in [0, 0.1) is 12.7 Å². The van der Waals surface area contributed by atoms with Crippen molar-refractivity contribution in [3.05, 3.63) is 35.1 Å². The number of nitrogens with two attached hydrogens (primary N) is 1. The summed E-state index contributed by atoms with van der Waals surface area (Å²) in [4.78, 5) is 4.75. The lowest BCUT2D eigenvalue weighted by atomic mass is 9.97. The second-order valence-corrected chi connectivity index (χ2v) is 6.11. The summed E-state index contributed by atoms with van der Waals surface area (Å²) < 4.78 is 14.2. The average molecular weight is 293 g/mol. The summed E-state index contributed by atoms with van der Waals surface area (Å²) in [6, 6.07) is 5.75. The van der Waals surface area contributed by atoms with Gasteiger partial charge in [-0.05, 0) is 52.5 Å². The molecule has 3 nitrogen and oxygen atoms in total. The van der Waals surface area contributed by atoms with Crippen LogP contribution in [0.2, 0.25) is 0 Å². The standard InChI is InChI=1S/C17H28FN3/c1-4-21-9-7-14(8-10-21)20(3)17(12-19)15-11-13(2)5-6-16(15)18/h5-6,11,14,17H,4,7-10,12,19H2,1-3H3. The van der Waals surface area contributed by atoms with Gasteiger partial charge in [0.1, 0.15) is 5.82 Å². The van der Waals surface area contributed by atoms with Crippen LogP contribution in [0.3, 0.4) is 0 Å². The Bertz CT molecular complexity index is 455. The van der Waals surface area contributed by atoms with E-state index in [1.165, 1.54) is 0 Å². The molecule has 0 bridgehead atoms. The monoisotopic (exact) mass is 293 g/mol. The van der Waals surface area contributed by atoms with Gasteiger partial charge in [-0.1, -0.05) is 24.6 Å². The fraction of sp³-hybridized carbons (Fsp3) is 0.647. The molecule has 1 saturated heterocycles. The number of likely N-dealkylation sites (N-methyl/N-ethyl adjacent to an activating group) is 1. The average Bonchev–Trinajstić information content (AvgIpc) is 2.51. The second-order valence-electron chi connectivity index (χ2n) is 6.11. The molecule has 2 N–H and O–H groups in total. The molecule has 2 rings (SSSR count). The fourth-order valence-electron chi connectivity index (χ4n) is 3.33. The maximum absolute atomic E-state index is 14.2. The highest BCUT2D eigenvalue weighted by Gasteiger charge is 2.28. The summed E-state index contributed by atoms with van der Waals surface area (Å²) in [7, 11) is 2.09. The van der Waals surface area contributed by atoms with Gasteiger partial charge < -0.3 is 10.6 Å². The first-order chi connectivity index (χ1) is 10.1. The van der Waals surface area contributed by atoms with Gasteiger partial charge in [-0.2, -0.15) is 0 Å². The number of rotatable bonds is 5. The van der Waals surface area contributed by atoms with Crippen molar-refractivity contribution < 1.29 is 4.39 Å². The van der Waals surface area contributed by atoms with Crippen LogP contribution in [-0.4, -0.2) is 49.1 Å². The third-order valence-corrected chi connectivity index (χ3v) is 4.81. The maximum Gasteiger partial charge on any atom is 0.128 e. The molecule has 0 aliphatic carbocycles. The highest BCUT2D eigenvalue weighted by Crippen LogP contribution is 2.27. The summed E-state index contributed by atoms with van der Waals surface area (Å²) in [6.45, 7) is 8.01. The van der Waals surface area contributed by atoms with Crippen LogP contribution in [0.4, 0.5) is 4.39 Å². The largest absolute Gasteiger partial charge is 0.329 e. The molecule has 0 radical (unpaired) electrons. The van der Waals surface area contributed by atoms with Crippen LogP contribution in [0.1, 0.15) is 36.9 Å². The van der Waals surface area contributed by atoms with Crippen LogP contribution >= 0.6 is 0 Å². The van der Waals surface area contributed by atoms with Gasteiger partial charge in [0, 0.05) is 24.2 Å². The highest BCUT2D eigenvalue weighted by atomic mass is 19.1. The number of piperidine rings is 1. The van der Waals surface area contributed by atoms with Gasteiger partial charge in [0.25, 0.3) is 0 Å². The predicted molar refractivity (Wildman–Crippen MR) is 85.8 cm³/mol. The number of halogens is 1. The summed E-state index contributed by atoms with van der Waals surface area (Å²) in [5, 5.41) is 0. The van der Waals surface area contributed by atoms with E-state index in [0.29, 0.717) is 12.6 Å². The fourth-order valence-corrected chi connectivity index (χ4v) is 3.33. The SMILES string of the molecule is CCN1CCC(N(C)C(CN)c2cc(C)ccc2F)CC1. The molecule has 1 heterocycles. The van der Waals surface area contributed by atoms with Gasteiger partial charge in [-0.15, -0.1) is 0 Å². The molecule has 0 amide bonds. The second kappa shape index (κ2) is 7.34. The van der Waals surface area contributed by atoms with Crippen LogP contribution in [0.5, 0.6) is 0 Å². The third-order valence-electron chi connectivity index (χ3n) is 4.81. The quantitative estimate of drug-likeness (QED) is 0.905. The summed E-state index contributed by atoms with van der Waals surface area (Å²) in [5.41, 5.74) is 7.78. The zero-order chi connectivity index (χ0) is 15.4. The molecule has 1 aromatic carbocycles. The van der Waals surface area contributed by atoms with Crippen molar-refractivity contribution in [3.8, 4) is 0 Å². The minimum Gasteiger partial charge on any atom is -0.329 e. The van der Waals surface area contributed by atoms with E-state index in [4.69, 9.17) is 5.73 Å². The minimum atomic E-state index is -0.145. The Hall–Kier alpha value is -0.970. The molecule has 21 heavy (non-hydrogen) atoms. The topological polar surface area (TPSA) is 32.5 Å². The van der Waals surface area contributed by atoms with Crippen LogP contribution < -0.4 is 5.73 Å². The molecule has 1 aromatic rings. The van der Waals surface area contributed by atoms with E-state index in [1.54, 1.807) is 6.07 Å². The Morgan fingerprint density at radius 1 is 1.38 bits per heavy atom. The minimum absolute atomic E-state index is 0.0388. The van der Waals surface area contributed by atoms with Crippen molar-refractivity contribution in [3.63, 3.8) is 0 Å². The Labute approximate surface area is 127 Å². The van der Waals surface area contributed by atoms with Gasteiger partial charge in [0.15, 0.2) is 0 Å². The number of aryl methyl sites for hydroxylation is 1. The maximum atomic E-state index is 14.2. The van der Waals surface area contributed by atoms with Crippen molar-refractivity contribution in [1.29, 1.82) is 0 Å². The molecular weight excluding hydrogens is 265 g/mol. The molecule has 0 spiro atoms. The normalized spacial score (nSPS) is 19.1. The molecule has 0 aromatic heterocycles. The molecule has 1 aliphatic heterocycles. The summed E-state index contributed by atoms with van der Waals surface area (Å²) in [6.07, 6.45) is 2.27. The Morgan fingerprint density at radius 2 is 2.05 bits per heavy atom. The number of hydrogen-bond donors (Lipinski definition) is 1.